The molecule has 1 aliphatic rings. The standard InChI is InChI=1S/C13H17N7O/c14-10-8-17-19-11(10)12(21)18-9-2-6-20(7-3-9)13-15-4-1-5-16-13/h1,4-5,8-9H,2-3,6-7,14H2,(H,17,19)(H,18,21). The summed E-state index contributed by atoms with van der Waals surface area (Å²) in [6, 6.07) is 1.92. The molecule has 4 N–H and O–H groups in total. The second-order valence-electron chi connectivity index (χ2n) is 4.98. The lowest BCUT2D eigenvalue weighted by atomic mass is 10.1. The van der Waals surface area contributed by atoms with Gasteiger partial charge in [-0.15, -0.1) is 0 Å². The summed E-state index contributed by atoms with van der Waals surface area (Å²) in [5.41, 5.74) is 6.35. The predicted octanol–water partition coefficient (Wildman–Crippen LogP) is 0.181. The molecule has 0 bridgehead atoms. The second kappa shape index (κ2) is 5.78. The van der Waals surface area contributed by atoms with E-state index >= 15 is 0 Å². The van der Waals surface area contributed by atoms with Crippen molar-refractivity contribution in [3.8, 4) is 0 Å². The molecular formula is C13H17N7O. The molecule has 0 unspecified atom stereocenters. The van der Waals surface area contributed by atoms with E-state index in [1.807, 2.05) is 0 Å². The molecule has 21 heavy (non-hydrogen) atoms. The van der Waals surface area contributed by atoms with E-state index in [0.29, 0.717) is 11.4 Å². The summed E-state index contributed by atoms with van der Waals surface area (Å²) in [5.74, 6) is 0.527. The highest BCUT2D eigenvalue weighted by Crippen LogP contribution is 2.16. The molecule has 0 spiro atoms. The third kappa shape index (κ3) is 2.93. The average molecular weight is 287 g/mol. The van der Waals surface area contributed by atoms with Crippen molar-refractivity contribution in [2.24, 2.45) is 0 Å². The highest BCUT2D eigenvalue weighted by atomic mass is 16.2. The quantitative estimate of drug-likeness (QED) is 0.742. The Morgan fingerprint density at radius 2 is 2.05 bits per heavy atom. The highest BCUT2D eigenvalue weighted by Gasteiger charge is 2.23. The largest absolute Gasteiger partial charge is 0.396 e. The normalized spacial score (nSPS) is 15.9. The lowest BCUT2D eigenvalue weighted by Crippen LogP contribution is -2.45. The van der Waals surface area contributed by atoms with Crippen LogP contribution in [0.1, 0.15) is 23.3 Å². The van der Waals surface area contributed by atoms with E-state index in [2.05, 4.69) is 30.4 Å². The average Bonchev–Trinajstić information content (AvgIpc) is 2.95. The number of carbonyl (C=O) groups is 1. The number of nitrogens with zero attached hydrogens (tertiary/aromatic N) is 4. The minimum Gasteiger partial charge on any atom is -0.396 e. The third-order valence-electron chi connectivity index (χ3n) is 3.56. The summed E-state index contributed by atoms with van der Waals surface area (Å²) in [6.07, 6.45) is 6.59. The number of piperidine rings is 1. The number of carbonyl (C=O) groups excluding carboxylic acids is 1. The minimum absolute atomic E-state index is 0.125. The smallest absolute Gasteiger partial charge is 0.271 e. The van der Waals surface area contributed by atoms with Gasteiger partial charge in [-0.05, 0) is 18.9 Å². The number of rotatable bonds is 3. The number of hydrogen-bond donors (Lipinski definition) is 3. The van der Waals surface area contributed by atoms with Crippen LogP contribution in [0.3, 0.4) is 0 Å². The van der Waals surface area contributed by atoms with Crippen molar-refractivity contribution in [3.63, 3.8) is 0 Å². The van der Waals surface area contributed by atoms with Gasteiger partial charge in [0.15, 0.2) is 0 Å². The van der Waals surface area contributed by atoms with Gasteiger partial charge in [0.05, 0.1) is 11.9 Å². The molecule has 8 nitrogen and oxygen atoms in total. The Kier molecular flexibility index (Phi) is 3.67. The highest BCUT2D eigenvalue weighted by molar-refractivity contribution is 5.97. The lowest BCUT2D eigenvalue weighted by molar-refractivity contribution is 0.0927. The summed E-state index contributed by atoms with van der Waals surface area (Å²) in [5, 5.41) is 9.34. The summed E-state index contributed by atoms with van der Waals surface area (Å²) in [6.45, 7) is 1.63. The van der Waals surface area contributed by atoms with Crippen LogP contribution in [0.4, 0.5) is 11.6 Å². The number of amides is 1. The molecule has 2 aromatic heterocycles. The summed E-state index contributed by atoms with van der Waals surface area (Å²) in [4.78, 5) is 22.6. The SMILES string of the molecule is Nc1cn[nH]c1C(=O)NC1CCN(c2ncccn2)CC1. The molecular weight excluding hydrogens is 270 g/mol. The molecule has 0 aromatic carbocycles. The Balaban J connectivity index is 1.55. The monoisotopic (exact) mass is 287 g/mol. The van der Waals surface area contributed by atoms with Gasteiger partial charge in [0.2, 0.25) is 5.95 Å². The first-order valence-electron chi connectivity index (χ1n) is 6.85. The van der Waals surface area contributed by atoms with Crippen LogP contribution >= 0.6 is 0 Å². The topological polar surface area (TPSA) is 113 Å². The van der Waals surface area contributed by atoms with Gasteiger partial charge in [-0.25, -0.2) is 9.97 Å². The molecule has 8 heteroatoms. The van der Waals surface area contributed by atoms with Crippen molar-refractivity contribution in [1.29, 1.82) is 0 Å². The van der Waals surface area contributed by atoms with Crippen LogP contribution in [-0.4, -0.2) is 45.2 Å². The van der Waals surface area contributed by atoms with Crippen molar-refractivity contribution < 1.29 is 4.79 Å². The first-order valence-corrected chi connectivity index (χ1v) is 6.85. The van der Waals surface area contributed by atoms with Gasteiger partial charge >= 0.3 is 0 Å². The molecule has 0 saturated carbocycles. The van der Waals surface area contributed by atoms with E-state index in [0.717, 1.165) is 31.9 Å². The molecule has 1 saturated heterocycles. The second-order valence-corrected chi connectivity index (χ2v) is 4.98. The van der Waals surface area contributed by atoms with Gasteiger partial charge in [-0.3, -0.25) is 9.89 Å². The summed E-state index contributed by atoms with van der Waals surface area (Å²) < 4.78 is 0. The van der Waals surface area contributed by atoms with Gasteiger partial charge in [0.25, 0.3) is 5.91 Å². The van der Waals surface area contributed by atoms with Crippen LogP contribution in [0, 0.1) is 0 Å². The summed E-state index contributed by atoms with van der Waals surface area (Å²) >= 11 is 0. The minimum atomic E-state index is -0.209. The van der Waals surface area contributed by atoms with Crippen molar-refractivity contribution in [3.05, 3.63) is 30.4 Å². The Labute approximate surface area is 121 Å². The number of H-pyrrole nitrogens is 1. The first kappa shape index (κ1) is 13.3. The maximum absolute atomic E-state index is 12.0. The number of nitrogen functional groups attached to an aromatic ring is 1. The zero-order valence-corrected chi connectivity index (χ0v) is 11.5. The molecule has 3 rings (SSSR count). The van der Waals surface area contributed by atoms with Gasteiger partial charge < -0.3 is 16.0 Å². The number of hydrogen-bond acceptors (Lipinski definition) is 6. The van der Waals surface area contributed by atoms with Gasteiger partial charge in [-0.2, -0.15) is 5.10 Å². The lowest BCUT2D eigenvalue weighted by Gasteiger charge is -2.32. The van der Waals surface area contributed by atoms with Gasteiger partial charge in [0.1, 0.15) is 5.69 Å². The number of aromatic nitrogens is 4. The first-order chi connectivity index (χ1) is 10.2. The van der Waals surface area contributed by atoms with Crippen LogP contribution in [0.2, 0.25) is 0 Å². The Hall–Kier alpha value is -2.64. The number of nitrogens with one attached hydrogen (secondary N) is 2. The van der Waals surface area contributed by atoms with Crippen LogP contribution in [-0.2, 0) is 0 Å². The summed E-state index contributed by atoms with van der Waals surface area (Å²) in [7, 11) is 0. The van der Waals surface area contributed by atoms with E-state index in [1.54, 1.807) is 18.5 Å². The molecule has 3 heterocycles. The maximum Gasteiger partial charge on any atom is 0.271 e. The molecule has 0 atom stereocenters. The molecule has 110 valence electrons. The van der Waals surface area contributed by atoms with Crippen molar-refractivity contribution in [2.45, 2.75) is 18.9 Å². The maximum atomic E-state index is 12.0. The molecule has 1 aliphatic heterocycles. The van der Waals surface area contributed by atoms with E-state index in [4.69, 9.17) is 5.73 Å². The molecule has 1 amide bonds. The molecule has 0 radical (unpaired) electrons. The van der Waals surface area contributed by atoms with Gasteiger partial charge in [0, 0.05) is 31.5 Å². The molecule has 2 aromatic rings. The van der Waals surface area contributed by atoms with E-state index in [1.165, 1.54) is 6.20 Å². The fourth-order valence-corrected chi connectivity index (χ4v) is 2.41. The van der Waals surface area contributed by atoms with Crippen LogP contribution < -0.4 is 16.0 Å². The fourth-order valence-electron chi connectivity index (χ4n) is 2.41. The Morgan fingerprint density at radius 3 is 2.67 bits per heavy atom. The third-order valence-corrected chi connectivity index (χ3v) is 3.56. The van der Waals surface area contributed by atoms with Crippen LogP contribution in [0.25, 0.3) is 0 Å². The van der Waals surface area contributed by atoms with Gasteiger partial charge in [-0.1, -0.05) is 0 Å². The van der Waals surface area contributed by atoms with E-state index in [9.17, 15) is 4.79 Å². The van der Waals surface area contributed by atoms with E-state index < -0.39 is 0 Å². The predicted molar refractivity (Wildman–Crippen MR) is 77.7 cm³/mol. The Morgan fingerprint density at radius 1 is 1.33 bits per heavy atom. The number of anilines is 2. The molecule has 0 aliphatic carbocycles. The van der Waals surface area contributed by atoms with Crippen molar-refractivity contribution >= 4 is 17.5 Å². The number of aromatic amines is 1. The Bertz CT molecular complexity index is 604. The number of nitrogens with two attached hydrogens (primary N) is 1. The fraction of sp³-hybridized carbons (Fsp3) is 0.385. The molecule has 1 fully saturated rings. The van der Waals surface area contributed by atoms with Crippen LogP contribution in [0.15, 0.2) is 24.7 Å². The van der Waals surface area contributed by atoms with Crippen LogP contribution in [0.5, 0.6) is 0 Å². The van der Waals surface area contributed by atoms with Crippen molar-refractivity contribution in [2.75, 3.05) is 23.7 Å². The zero-order chi connectivity index (χ0) is 14.7. The van der Waals surface area contributed by atoms with E-state index in [-0.39, 0.29) is 11.9 Å². The zero-order valence-electron chi connectivity index (χ0n) is 11.5. The van der Waals surface area contributed by atoms with Crippen molar-refractivity contribution in [1.82, 2.24) is 25.5 Å².